The van der Waals surface area contributed by atoms with Gasteiger partial charge in [-0.1, -0.05) is 42.5 Å². The summed E-state index contributed by atoms with van der Waals surface area (Å²) in [5.74, 6) is 0.365. The summed E-state index contributed by atoms with van der Waals surface area (Å²) in [4.78, 5) is 37.4. The fraction of sp³-hybridized carbons (Fsp3) is 0.167. The van der Waals surface area contributed by atoms with Crippen LogP contribution in [-0.2, 0) is 17.9 Å². The van der Waals surface area contributed by atoms with Gasteiger partial charge in [0, 0.05) is 29.8 Å². The topological polar surface area (TPSA) is 108 Å². The lowest BCUT2D eigenvalue weighted by atomic mass is 10.0. The molecule has 5 rings (SSSR count). The molecule has 0 radical (unpaired) electrons. The van der Waals surface area contributed by atoms with E-state index < -0.39 is 5.91 Å². The lowest BCUT2D eigenvalue weighted by Crippen LogP contribution is -2.36. The normalized spacial score (nSPS) is 10.9. The predicted molar refractivity (Wildman–Crippen MR) is 150 cm³/mol. The van der Waals surface area contributed by atoms with Crippen LogP contribution in [0.15, 0.2) is 101 Å². The molecule has 196 valence electrons. The average Bonchev–Trinajstić information content (AvgIpc) is 2.95. The quantitative estimate of drug-likeness (QED) is 0.318. The van der Waals surface area contributed by atoms with E-state index in [2.05, 4.69) is 15.5 Å². The summed E-state index contributed by atoms with van der Waals surface area (Å²) in [6.45, 7) is 2.59. The summed E-state index contributed by atoms with van der Waals surface area (Å²) in [6, 6.07) is 27.4. The summed E-state index contributed by atoms with van der Waals surface area (Å²) < 4.78 is 7.91. The van der Waals surface area contributed by atoms with Crippen molar-refractivity contribution in [3.8, 4) is 28.3 Å². The average molecular weight is 522 g/mol. The van der Waals surface area contributed by atoms with Crippen LogP contribution in [0.2, 0.25) is 0 Å². The van der Waals surface area contributed by atoms with Crippen LogP contribution < -0.4 is 21.2 Å². The Kier molecular flexibility index (Phi) is 7.58. The van der Waals surface area contributed by atoms with Gasteiger partial charge in [-0.2, -0.15) is 10.2 Å². The Morgan fingerprint density at radius 3 is 2.28 bits per heavy atom. The second-order valence-electron chi connectivity index (χ2n) is 8.83. The van der Waals surface area contributed by atoms with E-state index in [4.69, 9.17) is 4.74 Å². The van der Waals surface area contributed by atoms with Gasteiger partial charge in [-0.25, -0.2) is 9.36 Å². The van der Waals surface area contributed by atoms with Crippen LogP contribution in [0.5, 0.6) is 5.75 Å². The molecule has 0 bridgehead atoms. The minimum Gasteiger partial charge on any atom is -0.494 e. The second-order valence-corrected chi connectivity index (χ2v) is 8.83. The molecule has 2 aromatic heterocycles. The Bertz CT molecular complexity index is 1740. The van der Waals surface area contributed by atoms with E-state index in [1.54, 1.807) is 12.1 Å². The highest BCUT2D eigenvalue weighted by Crippen LogP contribution is 2.26. The third kappa shape index (κ3) is 5.93. The monoisotopic (exact) mass is 521 g/mol. The molecule has 0 spiro atoms. The van der Waals surface area contributed by atoms with Crippen LogP contribution >= 0.6 is 0 Å². The number of fused-ring (bicyclic) bond motifs is 1. The maximum absolute atomic E-state index is 12.6. The number of benzene rings is 3. The van der Waals surface area contributed by atoms with E-state index in [9.17, 15) is 14.4 Å². The molecule has 9 heteroatoms. The minimum absolute atomic E-state index is 0.163. The maximum Gasteiger partial charge on any atom is 0.267 e. The Hall–Kier alpha value is -5.05. The van der Waals surface area contributed by atoms with Gasteiger partial charge in [-0.05, 0) is 54.1 Å². The first-order chi connectivity index (χ1) is 19.0. The van der Waals surface area contributed by atoms with Crippen molar-refractivity contribution in [1.29, 1.82) is 0 Å². The van der Waals surface area contributed by atoms with Gasteiger partial charge in [0.1, 0.15) is 12.3 Å². The zero-order valence-electron chi connectivity index (χ0n) is 21.4. The number of hydrogen-bond acceptors (Lipinski definition) is 6. The summed E-state index contributed by atoms with van der Waals surface area (Å²) >= 11 is 0. The fourth-order valence-electron chi connectivity index (χ4n) is 4.30. The van der Waals surface area contributed by atoms with Crippen molar-refractivity contribution in [2.24, 2.45) is 0 Å². The predicted octanol–water partition coefficient (Wildman–Crippen LogP) is 3.50. The van der Waals surface area contributed by atoms with Gasteiger partial charge in [0.05, 0.1) is 24.5 Å². The number of nitrogens with zero attached hydrogens (tertiary/aromatic N) is 4. The first kappa shape index (κ1) is 25.6. The van der Waals surface area contributed by atoms with Crippen LogP contribution in [-0.4, -0.2) is 38.6 Å². The zero-order chi connectivity index (χ0) is 27.2. The summed E-state index contributed by atoms with van der Waals surface area (Å²) in [5, 5.41) is 13.7. The third-order valence-corrected chi connectivity index (χ3v) is 6.20. The van der Waals surface area contributed by atoms with Crippen molar-refractivity contribution in [2.75, 3.05) is 13.2 Å². The number of hydrogen-bond donors (Lipinski definition) is 1. The van der Waals surface area contributed by atoms with Crippen molar-refractivity contribution >= 4 is 16.7 Å². The molecule has 39 heavy (non-hydrogen) atoms. The number of carbonyl (C=O) groups is 1. The number of rotatable bonds is 9. The zero-order valence-corrected chi connectivity index (χ0v) is 21.4. The molecule has 2 heterocycles. The molecule has 0 saturated heterocycles. The molecule has 0 atom stereocenters. The molecular formula is C30H27N5O4. The number of nitrogens with one attached hydrogen (secondary N) is 1. The van der Waals surface area contributed by atoms with Crippen LogP contribution in [0.25, 0.3) is 33.3 Å². The molecule has 0 saturated carbocycles. The van der Waals surface area contributed by atoms with E-state index in [-0.39, 0.29) is 30.8 Å². The van der Waals surface area contributed by atoms with Gasteiger partial charge in [0.15, 0.2) is 0 Å². The van der Waals surface area contributed by atoms with Gasteiger partial charge < -0.3 is 10.1 Å². The van der Waals surface area contributed by atoms with Crippen LogP contribution in [0.4, 0.5) is 0 Å². The lowest BCUT2D eigenvalue weighted by molar-refractivity contribution is -0.121. The highest BCUT2D eigenvalue weighted by atomic mass is 16.5. The molecule has 1 amide bonds. The highest BCUT2D eigenvalue weighted by Gasteiger charge is 2.11. The third-order valence-electron chi connectivity index (χ3n) is 6.20. The summed E-state index contributed by atoms with van der Waals surface area (Å²) in [6.07, 6.45) is 0. The Morgan fingerprint density at radius 2 is 1.49 bits per heavy atom. The van der Waals surface area contributed by atoms with E-state index in [0.717, 1.165) is 32.3 Å². The molecule has 0 aliphatic rings. The van der Waals surface area contributed by atoms with E-state index >= 15 is 0 Å². The molecular weight excluding hydrogens is 494 g/mol. The smallest absolute Gasteiger partial charge is 0.267 e. The molecule has 3 aromatic carbocycles. The van der Waals surface area contributed by atoms with E-state index in [1.165, 1.54) is 16.8 Å². The van der Waals surface area contributed by atoms with E-state index in [1.807, 2.05) is 73.7 Å². The number of ether oxygens (including phenoxy) is 1. The minimum atomic E-state index is -0.393. The lowest BCUT2D eigenvalue weighted by Gasteiger charge is -2.11. The van der Waals surface area contributed by atoms with Crippen molar-refractivity contribution < 1.29 is 9.53 Å². The summed E-state index contributed by atoms with van der Waals surface area (Å²) in [5.41, 5.74) is 2.29. The fourth-order valence-corrected chi connectivity index (χ4v) is 4.30. The number of amides is 1. The molecule has 1 N–H and O–H groups in total. The molecule has 0 aliphatic heterocycles. The van der Waals surface area contributed by atoms with Crippen molar-refractivity contribution in [1.82, 2.24) is 24.9 Å². The number of carbonyl (C=O) groups excluding carboxylic acids is 1. The molecule has 0 fully saturated rings. The van der Waals surface area contributed by atoms with Crippen molar-refractivity contribution in [2.45, 2.75) is 20.0 Å². The summed E-state index contributed by atoms with van der Waals surface area (Å²) in [7, 11) is 0. The second kappa shape index (κ2) is 11.6. The first-order valence-electron chi connectivity index (χ1n) is 12.7. The van der Waals surface area contributed by atoms with Gasteiger partial charge >= 0.3 is 0 Å². The van der Waals surface area contributed by atoms with Crippen LogP contribution in [0, 0.1) is 0 Å². The molecule has 9 nitrogen and oxygen atoms in total. The maximum atomic E-state index is 12.6. The standard InChI is InChI=1S/C30H27N5O4/c1-2-39-23-12-10-22(11-13-23)26-14-16-29(37)34(32-26)19-18-31-28(36)20-35-30(38)17-15-27(33-35)25-9-5-7-21-6-3-4-8-24(21)25/h3-17H,2,18-20H2,1H3,(H,31,36). The van der Waals surface area contributed by atoms with Gasteiger partial charge in [0.2, 0.25) is 5.91 Å². The van der Waals surface area contributed by atoms with E-state index in [0.29, 0.717) is 18.0 Å². The largest absolute Gasteiger partial charge is 0.494 e. The van der Waals surface area contributed by atoms with Crippen LogP contribution in [0.3, 0.4) is 0 Å². The molecule has 0 aliphatic carbocycles. The van der Waals surface area contributed by atoms with Gasteiger partial charge in [-0.15, -0.1) is 0 Å². The highest BCUT2D eigenvalue weighted by molar-refractivity contribution is 5.95. The van der Waals surface area contributed by atoms with Gasteiger partial charge in [0.25, 0.3) is 11.1 Å². The molecule has 0 unspecified atom stereocenters. The Labute approximate surface area is 224 Å². The Balaban J connectivity index is 1.25. The number of aromatic nitrogens is 4. The molecule has 5 aromatic rings. The Morgan fingerprint density at radius 1 is 0.795 bits per heavy atom. The SMILES string of the molecule is CCOc1ccc(-c2ccc(=O)n(CCNC(=O)Cn3nc(-c4cccc5ccccc45)ccc3=O)n2)cc1. The van der Waals surface area contributed by atoms with Crippen molar-refractivity contribution in [3.63, 3.8) is 0 Å². The van der Waals surface area contributed by atoms with Crippen LogP contribution in [0.1, 0.15) is 6.92 Å². The van der Waals surface area contributed by atoms with Crippen molar-refractivity contribution in [3.05, 3.63) is 112 Å². The first-order valence-corrected chi connectivity index (χ1v) is 12.7. The van der Waals surface area contributed by atoms with Gasteiger partial charge in [-0.3, -0.25) is 14.4 Å².